The average Bonchev–Trinajstić information content (AvgIpc) is 3.34. The van der Waals surface area contributed by atoms with Crippen LogP contribution in [0.5, 0.6) is 5.75 Å². The lowest BCUT2D eigenvalue weighted by Gasteiger charge is -2.28. The van der Waals surface area contributed by atoms with E-state index in [1.807, 2.05) is 60.7 Å². The Morgan fingerprint density at radius 2 is 1.60 bits per heavy atom. The Morgan fingerprint density at radius 3 is 2.37 bits per heavy atom. The molecule has 4 aromatic carbocycles. The van der Waals surface area contributed by atoms with E-state index in [1.165, 1.54) is 5.56 Å². The van der Waals surface area contributed by atoms with Crippen molar-refractivity contribution in [3.8, 4) is 11.8 Å². The second-order valence-corrected chi connectivity index (χ2v) is 9.01. The molecule has 1 aliphatic rings. The van der Waals surface area contributed by atoms with Crippen molar-refractivity contribution in [1.29, 1.82) is 5.26 Å². The number of ether oxygens (including phenoxy) is 1. The molecule has 0 aliphatic carbocycles. The predicted octanol–water partition coefficient (Wildman–Crippen LogP) is 5.80. The van der Waals surface area contributed by atoms with Crippen molar-refractivity contribution in [3.05, 3.63) is 108 Å². The van der Waals surface area contributed by atoms with E-state index in [9.17, 15) is 10.1 Å². The molecule has 5 heteroatoms. The van der Waals surface area contributed by atoms with E-state index in [-0.39, 0.29) is 5.92 Å². The summed E-state index contributed by atoms with van der Waals surface area (Å²) in [4.78, 5) is 15.2. The Hall–Kier alpha value is -4.14. The van der Waals surface area contributed by atoms with Crippen molar-refractivity contribution < 1.29 is 9.53 Å². The Bertz CT molecular complexity index is 1350. The zero-order valence-electron chi connectivity index (χ0n) is 19.4. The number of hydrogen-bond donors (Lipinski definition) is 1. The minimum absolute atomic E-state index is 0.273. The maximum absolute atomic E-state index is 13.5. The summed E-state index contributed by atoms with van der Waals surface area (Å²) >= 11 is 0. The topological polar surface area (TPSA) is 65.4 Å². The molecule has 0 radical (unpaired) electrons. The molecule has 174 valence electrons. The molecule has 1 fully saturated rings. The predicted molar refractivity (Wildman–Crippen MR) is 138 cm³/mol. The van der Waals surface area contributed by atoms with Gasteiger partial charge in [0.1, 0.15) is 5.75 Å². The molecular weight excluding hydrogens is 434 g/mol. The van der Waals surface area contributed by atoms with Crippen molar-refractivity contribution in [2.45, 2.75) is 6.42 Å². The largest absolute Gasteiger partial charge is 0.419 e. The maximum atomic E-state index is 13.5. The lowest BCUT2D eigenvalue weighted by molar-refractivity contribution is 0.205. The van der Waals surface area contributed by atoms with Gasteiger partial charge in [-0.2, -0.15) is 5.26 Å². The number of benzene rings is 4. The molecule has 0 spiro atoms. The number of fused-ring (bicyclic) bond motifs is 1. The highest BCUT2D eigenvalue weighted by molar-refractivity contribution is 5.90. The van der Waals surface area contributed by atoms with Gasteiger partial charge in [0.2, 0.25) is 0 Å². The summed E-state index contributed by atoms with van der Waals surface area (Å²) in [5, 5.41) is 14.8. The molecule has 35 heavy (non-hydrogen) atoms. The molecule has 5 nitrogen and oxygen atoms in total. The van der Waals surface area contributed by atoms with Gasteiger partial charge in [0.25, 0.3) is 0 Å². The second-order valence-electron chi connectivity index (χ2n) is 9.01. The quantitative estimate of drug-likeness (QED) is 0.394. The van der Waals surface area contributed by atoms with Crippen LogP contribution in [0.3, 0.4) is 0 Å². The Balaban J connectivity index is 1.38. The van der Waals surface area contributed by atoms with E-state index in [0.717, 1.165) is 36.0 Å². The minimum Gasteiger partial charge on any atom is -0.410 e. The van der Waals surface area contributed by atoms with Crippen molar-refractivity contribution in [2.24, 2.45) is 11.8 Å². The number of hydrogen-bond acceptors (Lipinski definition) is 4. The van der Waals surface area contributed by atoms with Crippen LogP contribution in [0.1, 0.15) is 11.1 Å². The van der Waals surface area contributed by atoms with Crippen molar-refractivity contribution in [1.82, 2.24) is 5.32 Å². The first-order valence-corrected chi connectivity index (χ1v) is 11.9. The number of carbonyl (C=O) groups is 1. The van der Waals surface area contributed by atoms with Crippen LogP contribution in [-0.2, 0) is 6.42 Å². The molecule has 1 amide bonds. The molecular formula is C30H27N3O2. The van der Waals surface area contributed by atoms with Gasteiger partial charge in [-0.3, -0.25) is 4.90 Å². The molecule has 5 rings (SSSR count). The summed E-state index contributed by atoms with van der Waals surface area (Å²) in [6.45, 7) is 2.29. The van der Waals surface area contributed by atoms with Gasteiger partial charge in [-0.25, -0.2) is 4.79 Å². The number of nitrogens with one attached hydrogen (secondary N) is 1. The Kier molecular flexibility index (Phi) is 6.74. The van der Waals surface area contributed by atoms with E-state index in [1.54, 1.807) is 17.0 Å². The van der Waals surface area contributed by atoms with Gasteiger partial charge >= 0.3 is 6.09 Å². The summed E-state index contributed by atoms with van der Waals surface area (Å²) in [6.07, 6.45) is 0.537. The van der Waals surface area contributed by atoms with Crippen LogP contribution in [0, 0.1) is 23.2 Å². The smallest absolute Gasteiger partial charge is 0.410 e. The van der Waals surface area contributed by atoms with E-state index in [2.05, 4.69) is 35.7 Å². The van der Waals surface area contributed by atoms with Gasteiger partial charge in [0.15, 0.2) is 0 Å². The fraction of sp³-hybridized carbons (Fsp3) is 0.200. The summed E-state index contributed by atoms with van der Waals surface area (Å²) in [5.41, 5.74) is 2.58. The van der Waals surface area contributed by atoms with Crippen LogP contribution in [0.4, 0.5) is 10.5 Å². The molecule has 1 saturated heterocycles. The SMILES string of the molecule is N#Cc1ccc(N(C[C@H]2CNC[C@@H]2Cc2ccccc2)C(=O)Oc2ccc3ccccc3c2)cc1. The Labute approximate surface area is 205 Å². The summed E-state index contributed by atoms with van der Waals surface area (Å²) < 4.78 is 5.86. The van der Waals surface area contributed by atoms with Gasteiger partial charge in [-0.1, -0.05) is 60.7 Å². The number of anilines is 1. The fourth-order valence-corrected chi connectivity index (χ4v) is 4.78. The highest BCUT2D eigenvalue weighted by Gasteiger charge is 2.31. The summed E-state index contributed by atoms with van der Waals surface area (Å²) in [5.74, 6) is 1.19. The lowest BCUT2D eigenvalue weighted by Crippen LogP contribution is -2.40. The first kappa shape index (κ1) is 22.6. The van der Waals surface area contributed by atoms with Gasteiger partial charge in [-0.15, -0.1) is 0 Å². The first-order valence-electron chi connectivity index (χ1n) is 11.9. The van der Waals surface area contributed by atoms with E-state index in [0.29, 0.717) is 23.8 Å². The van der Waals surface area contributed by atoms with E-state index < -0.39 is 6.09 Å². The molecule has 2 atom stereocenters. The molecule has 0 bridgehead atoms. The zero-order valence-corrected chi connectivity index (χ0v) is 19.4. The van der Waals surface area contributed by atoms with Crippen LogP contribution in [0.15, 0.2) is 97.1 Å². The maximum Gasteiger partial charge on any atom is 0.419 e. The number of rotatable bonds is 6. The van der Waals surface area contributed by atoms with Crippen LogP contribution < -0.4 is 15.0 Å². The molecule has 1 aliphatic heterocycles. The van der Waals surface area contributed by atoms with Gasteiger partial charge < -0.3 is 10.1 Å². The van der Waals surface area contributed by atoms with Crippen LogP contribution in [0.25, 0.3) is 10.8 Å². The highest BCUT2D eigenvalue weighted by atomic mass is 16.6. The standard InChI is InChI=1S/C30H27N3O2/c31-18-23-10-13-28(14-11-23)33(21-27-20-32-19-26(27)16-22-6-2-1-3-7-22)30(34)35-29-15-12-24-8-4-5-9-25(24)17-29/h1-15,17,26-27,32H,16,19-21H2/t26-,27+/m0/s1. The van der Waals surface area contributed by atoms with E-state index >= 15 is 0 Å². The monoisotopic (exact) mass is 461 g/mol. The normalized spacial score (nSPS) is 17.1. The molecule has 0 unspecified atom stereocenters. The van der Waals surface area contributed by atoms with Gasteiger partial charge in [0, 0.05) is 12.2 Å². The molecule has 1 N–H and O–H groups in total. The molecule has 0 saturated carbocycles. The van der Waals surface area contributed by atoms with E-state index in [4.69, 9.17) is 4.74 Å². The third-order valence-electron chi connectivity index (χ3n) is 6.69. The van der Waals surface area contributed by atoms with Crippen molar-refractivity contribution in [2.75, 3.05) is 24.5 Å². The molecule has 4 aromatic rings. The fourth-order valence-electron chi connectivity index (χ4n) is 4.78. The Morgan fingerprint density at radius 1 is 0.886 bits per heavy atom. The van der Waals surface area contributed by atoms with Gasteiger partial charge in [-0.05, 0) is 84.1 Å². The van der Waals surface area contributed by atoms with Crippen molar-refractivity contribution >= 4 is 22.6 Å². The van der Waals surface area contributed by atoms with Crippen LogP contribution >= 0.6 is 0 Å². The van der Waals surface area contributed by atoms with Crippen LogP contribution in [-0.4, -0.2) is 25.7 Å². The summed E-state index contributed by atoms with van der Waals surface area (Å²) in [6, 6.07) is 33.4. The highest BCUT2D eigenvalue weighted by Crippen LogP contribution is 2.27. The number of nitriles is 1. The average molecular weight is 462 g/mol. The number of nitrogens with zero attached hydrogens (tertiary/aromatic N) is 2. The van der Waals surface area contributed by atoms with Crippen LogP contribution in [0.2, 0.25) is 0 Å². The molecule has 0 aromatic heterocycles. The van der Waals surface area contributed by atoms with Crippen molar-refractivity contribution in [3.63, 3.8) is 0 Å². The summed E-state index contributed by atoms with van der Waals surface area (Å²) in [7, 11) is 0. The van der Waals surface area contributed by atoms with Gasteiger partial charge in [0.05, 0.1) is 11.6 Å². The molecule has 1 heterocycles. The first-order chi connectivity index (χ1) is 17.2. The zero-order chi connectivity index (χ0) is 24.0. The number of amides is 1. The third kappa shape index (κ3) is 5.34. The second kappa shape index (κ2) is 10.4. The lowest BCUT2D eigenvalue weighted by atomic mass is 9.89. The number of carbonyl (C=O) groups excluding carboxylic acids is 1. The minimum atomic E-state index is -0.421. The third-order valence-corrected chi connectivity index (χ3v) is 6.69.